The number of Topliss-reactive ketones (excluding diaryl/α,β-unsaturated/α-hetero) is 1. The molecule has 1 atom stereocenters. The average Bonchev–Trinajstić information content (AvgIpc) is 2.82. The van der Waals surface area contributed by atoms with Gasteiger partial charge in [-0.3, -0.25) is 9.59 Å². The number of halogens is 1. The molecule has 1 unspecified atom stereocenters. The number of piperidine rings is 1. The SMILES string of the molecule is CC(=O)c1ccc(SN2CCC(n3ncc(NCC4CCCOC4)c(Cl)c3=O)CC2)cc1. The predicted molar refractivity (Wildman–Crippen MR) is 128 cm³/mol. The van der Waals surface area contributed by atoms with E-state index in [0.717, 1.165) is 69.0 Å². The van der Waals surface area contributed by atoms with Gasteiger partial charge in [0.25, 0.3) is 5.56 Å². The summed E-state index contributed by atoms with van der Waals surface area (Å²) in [6.07, 6.45) is 5.51. The number of rotatable bonds is 7. The Hall–Kier alpha value is -1.87. The molecule has 3 heterocycles. The third-order valence-electron chi connectivity index (χ3n) is 6.04. The van der Waals surface area contributed by atoms with Gasteiger partial charge in [0.1, 0.15) is 5.02 Å². The topological polar surface area (TPSA) is 76.5 Å². The maximum atomic E-state index is 12.9. The number of carbonyl (C=O) groups excluding carboxylic acids is 1. The van der Waals surface area contributed by atoms with Crippen LogP contribution in [-0.4, -0.2) is 52.7 Å². The highest BCUT2D eigenvalue weighted by Gasteiger charge is 2.24. The molecule has 32 heavy (non-hydrogen) atoms. The Labute approximate surface area is 197 Å². The minimum atomic E-state index is -0.234. The number of aromatic nitrogens is 2. The molecule has 0 spiro atoms. The molecular weight excluding hydrogens is 448 g/mol. The molecule has 0 amide bonds. The zero-order valence-electron chi connectivity index (χ0n) is 18.3. The van der Waals surface area contributed by atoms with E-state index in [1.165, 1.54) is 0 Å². The van der Waals surface area contributed by atoms with Crippen LogP contribution in [0, 0.1) is 5.92 Å². The normalized spacial score (nSPS) is 20.2. The summed E-state index contributed by atoms with van der Waals surface area (Å²) in [5.41, 5.74) is 1.09. The van der Waals surface area contributed by atoms with Crippen molar-refractivity contribution in [1.82, 2.24) is 14.1 Å². The quantitative estimate of drug-likeness (QED) is 0.472. The number of hydrogen-bond acceptors (Lipinski definition) is 7. The molecule has 172 valence electrons. The number of carbonyl (C=O) groups is 1. The Balaban J connectivity index is 1.32. The molecular formula is C23H29ClN4O3S. The second kappa shape index (κ2) is 10.8. The minimum Gasteiger partial charge on any atom is -0.382 e. The summed E-state index contributed by atoms with van der Waals surface area (Å²) in [5, 5.41) is 7.92. The first kappa shape index (κ1) is 23.3. The van der Waals surface area contributed by atoms with E-state index in [1.54, 1.807) is 29.8 Å². The van der Waals surface area contributed by atoms with Crippen LogP contribution in [-0.2, 0) is 4.74 Å². The average molecular weight is 477 g/mol. The van der Waals surface area contributed by atoms with Crippen molar-refractivity contribution in [2.24, 2.45) is 5.92 Å². The van der Waals surface area contributed by atoms with Crippen molar-refractivity contribution in [2.45, 2.75) is 43.5 Å². The van der Waals surface area contributed by atoms with E-state index in [-0.39, 0.29) is 22.4 Å². The molecule has 1 aromatic carbocycles. The van der Waals surface area contributed by atoms with Gasteiger partial charge in [0, 0.05) is 36.7 Å². The Kier molecular flexibility index (Phi) is 7.88. The molecule has 9 heteroatoms. The van der Waals surface area contributed by atoms with Gasteiger partial charge in [-0.1, -0.05) is 23.7 Å². The fourth-order valence-corrected chi connectivity index (χ4v) is 5.28. The van der Waals surface area contributed by atoms with Crippen LogP contribution >= 0.6 is 23.5 Å². The van der Waals surface area contributed by atoms with Crippen molar-refractivity contribution in [2.75, 3.05) is 38.2 Å². The molecule has 0 aliphatic carbocycles. The van der Waals surface area contributed by atoms with Gasteiger partial charge in [0.15, 0.2) is 5.78 Å². The van der Waals surface area contributed by atoms with Crippen LogP contribution in [0.4, 0.5) is 5.69 Å². The summed E-state index contributed by atoms with van der Waals surface area (Å²) in [5.74, 6) is 0.505. The molecule has 1 N–H and O–H groups in total. The van der Waals surface area contributed by atoms with Crippen LogP contribution in [0.15, 0.2) is 40.2 Å². The molecule has 0 saturated carbocycles. The molecule has 2 fully saturated rings. The number of hydrogen-bond donors (Lipinski definition) is 1. The largest absolute Gasteiger partial charge is 0.382 e. The third-order valence-corrected chi connectivity index (χ3v) is 7.52. The van der Waals surface area contributed by atoms with Gasteiger partial charge < -0.3 is 10.1 Å². The number of benzene rings is 1. The Morgan fingerprint density at radius 3 is 2.66 bits per heavy atom. The van der Waals surface area contributed by atoms with Crippen molar-refractivity contribution < 1.29 is 9.53 Å². The van der Waals surface area contributed by atoms with E-state index >= 15 is 0 Å². The van der Waals surface area contributed by atoms with E-state index in [4.69, 9.17) is 16.3 Å². The molecule has 7 nitrogen and oxygen atoms in total. The number of nitrogens with one attached hydrogen (secondary N) is 1. The summed E-state index contributed by atoms with van der Waals surface area (Å²) < 4.78 is 9.34. The van der Waals surface area contributed by atoms with Crippen molar-refractivity contribution >= 4 is 35.0 Å². The number of ketones is 1. The lowest BCUT2D eigenvalue weighted by Crippen LogP contribution is -2.36. The Morgan fingerprint density at radius 1 is 1.25 bits per heavy atom. The maximum Gasteiger partial charge on any atom is 0.287 e. The molecule has 0 radical (unpaired) electrons. The Bertz CT molecular complexity index is 984. The summed E-state index contributed by atoms with van der Waals surface area (Å²) in [4.78, 5) is 25.4. The molecule has 2 aromatic rings. The fourth-order valence-electron chi connectivity index (χ4n) is 4.13. The van der Waals surface area contributed by atoms with E-state index < -0.39 is 0 Å². The monoisotopic (exact) mass is 476 g/mol. The number of anilines is 1. The zero-order chi connectivity index (χ0) is 22.5. The molecule has 1 aromatic heterocycles. The number of nitrogens with zero attached hydrogens (tertiary/aromatic N) is 3. The second-order valence-corrected chi connectivity index (χ2v) is 9.97. The van der Waals surface area contributed by atoms with E-state index in [2.05, 4.69) is 14.7 Å². The Morgan fingerprint density at radius 2 is 2.00 bits per heavy atom. The first-order chi connectivity index (χ1) is 15.5. The fraction of sp³-hybridized carbons (Fsp3) is 0.522. The first-order valence-corrected chi connectivity index (χ1v) is 12.3. The number of ether oxygens (including phenoxy) is 1. The van der Waals surface area contributed by atoms with Gasteiger partial charge in [0.05, 0.1) is 24.5 Å². The van der Waals surface area contributed by atoms with E-state index in [9.17, 15) is 9.59 Å². The minimum absolute atomic E-state index is 0.0396. The lowest BCUT2D eigenvalue weighted by atomic mass is 10.0. The molecule has 2 saturated heterocycles. The van der Waals surface area contributed by atoms with Crippen LogP contribution in [0.25, 0.3) is 0 Å². The molecule has 4 rings (SSSR count). The van der Waals surface area contributed by atoms with Gasteiger partial charge in [0.2, 0.25) is 0 Å². The highest BCUT2D eigenvalue weighted by molar-refractivity contribution is 7.97. The summed E-state index contributed by atoms with van der Waals surface area (Å²) in [7, 11) is 0. The second-order valence-electron chi connectivity index (χ2n) is 8.42. The van der Waals surface area contributed by atoms with Gasteiger partial charge in [-0.25, -0.2) is 8.99 Å². The first-order valence-electron chi connectivity index (χ1n) is 11.1. The standard InChI is InChI=1S/C23H29ClN4O3S/c1-16(29)18-4-6-20(7-5-18)32-27-10-8-19(9-11-27)28-23(30)22(24)21(14-26-28)25-13-17-3-2-12-31-15-17/h4-7,14,17,19,25H,2-3,8-13,15H2,1H3. The van der Waals surface area contributed by atoms with Crippen LogP contribution in [0.5, 0.6) is 0 Å². The van der Waals surface area contributed by atoms with Gasteiger partial charge in [-0.2, -0.15) is 5.10 Å². The third kappa shape index (κ3) is 5.73. The summed E-state index contributed by atoms with van der Waals surface area (Å²) in [6, 6.07) is 7.71. The zero-order valence-corrected chi connectivity index (χ0v) is 19.8. The van der Waals surface area contributed by atoms with Crippen LogP contribution < -0.4 is 10.9 Å². The van der Waals surface area contributed by atoms with Crippen LogP contribution in [0.3, 0.4) is 0 Å². The van der Waals surface area contributed by atoms with Crippen molar-refractivity contribution in [3.8, 4) is 0 Å². The van der Waals surface area contributed by atoms with Crippen LogP contribution in [0.1, 0.15) is 49.0 Å². The van der Waals surface area contributed by atoms with Crippen molar-refractivity contribution in [1.29, 1.82) is 0 Å². The molecule has 2 aliphatic heterocycles. The van der Waals surface area contributed by atoms with E-state index in [1.807, 2.05) is 24.3 Å². The smallest absolute Gasteiger partial charge is 0.287 e. The van der Waals surface area contributed by atoms with E-state index in [0.29, 0.717) is 11.6 Å². The van der Waals surface area contributed by atoms with Crippen molar-refractivity contribution in [3.63, 3.8) is 0 Å². The van der Waals surface area contributed by atoms with Crippen LogP contribution in [0.2, 0.25) is 5.02 Å². The van der Waals surface area contributed by atoms with Gasteiger partial charge in [-0.15, -0.1) is 0 Å². The summed E-state index contributed by atoms with van der Waals surface area (Å²) in [6.45, 7) is 5.57. The van der Waals surface area contributed by atoms with Crippen molar-refractivity contribution in [3.05, 3.63) is 51.4 Å². The predicted octanol–water partition coefficient (Wildman–Crippen LogP) is 4.28. The van der Waals surface area contributed by atoms with Gasteiger partial charge in [-0.05, 0) is 62.6 Å². The lowest BCUT2D eigenvalue weighted by Gasteiger charge is -2.31. The maximum absolute atomic E-state index is 12.9. The highest BCUT2D eigenvalue weighted by atomic mass is 35.5. The molecule has 2 aliphatic rings. The highest BCUT2D eigenvalue weighted by Crippen LogP contribution is 2.30. The lowest BCUT2D eigenvalue weighted by molar-refractivity contribution is 0.0595. The summed E-state index contributed by atoms with van der Waals surface area (Å²) >= 11 is 8.08. The van der Waals surface area contributed by atoms with Gasteiger partial charge >= 0.3 is 0 Å². The molecule has 0 bridgehead atoms.